The van der Waals surface area contributed by atoms with Gasteiger partial charge in [-0.15, -0.1) is 12.4 Å². The van der Waals surface area contributed by atoms with Gasteiger partial charge in [-0.2, -0.15) is 10.4 Å². The Morgan fingerprint density at radius 3 is 2.61 bits per heavy atom. The molecule has 0 aliphatic rings. The summed E-state index contributed by atoms with van der Waals surface area (Å²) in [6.45, 7) is 4.38. The maximum absolute atomic E-state index is 14.8. The number of sulfonamides is 1. The number of nitrogens with zero attached hydrogens (tertiary/aromatic N) is 5. The molecule has 206 valence electrons. The average Bonchev–Trinajstić information content (AvgIpc) is 3.29. The number of benzene rings is 1. The van der Waals surface area contributed by atoms with E-state index in [1.165, 1.54) is 29.2 Å². The SMILES string of the molecule is CC(C)(O)Cn1cc(-c2nc(Nc3ccc(S(=O)(=O)NCCCCCCN)cc3F)ncc2C#N)cn1.Cl. The van der Waals surface area contributed by atoms with E-state index in [-0.39, 0.29) is 53.3 Å². The molecule has 0 fully saturated rings. The lowest BCUT2D eigenvalue weighted by atomic mass is 10.1. The topological polar surface area (TPSA) is 172 Å². The second-order valence-electron chi connectivity index (χ2n) is 9.17. The lowest BCUT2D eigenvalue weighted by molar-refractivity contribution is 0.0577. The largest absolute Gasteiger partial charge is 0.389 e. The van der Waals surface area contributed by atoms with Crippen molar-refractivity contribution in [3.8, 4) is 17.3 Å². The van der Waals surface area contributed by atoms with Gasteiger partial charge >= 0.3 is 0 Å². The lowest BCUT2D eigenvalue weighted by Gasteiger charge is -2.16. The summed E-state index contributed by atoms with van der Waals surface area (Å²) in [6, 6.07) is 5.51. The third-order valence-corrected chi connectivity index (χ3v) is 6.74. The van der Waals surface area contributed by atoms with Crippen molar-refractivity contribution in [1.29, 1.82) is 5.26 Å². The fraction of sp³-hybridized carbons (Fsp3) is 0.417. The number of aromatic nitrogens is 4. The van der Waals surface area contributed by atoms with Gasteiger partial charge in [-0.25, -0.2) is 27.5 Å². The second-order valence-corrected chi connectivity index (χ2v) is 10.9. The zero-order valence-electron chi connectivity index (χ0n) is 21.2. The number of nitriles is 1. The van der Waals surface area contributed by atoms with Gasteiger partial charge in [0.25, 0.3) is 0 Å². The number of aliphatic hydroxyl groups is 1. The molecule has 0 radical (unpaired) electrons. The van der Waals surface area contributed by atoms with Crippen molar-refractivity contribution in [2.45, 2.75) is 56.6 Å². The zero-order valence-corrected chi connectivity index (χ0v) is 22.8. The van der Waals surface area contributed by atoms with Crippen LogP contribution in [0.15, 0.2) is 41.7 Å². The van der Waals surface area contributed by atoms with Crippen LogP contribution in [0.2, 0.25) is 0 Å². The third kappa shape index (κ3) is 8.71. The first-order valence-electron chi connectivity index (χ1n) is 11.8. The van der Waals surface area contributed by atoms with Crippen LogP contribution in [-0.4, -0.2) is 52.0 Å². The van der Waals surface area contributed by atoms with Gasteiger partial charge in [-0.05, 0) is 51.4 Å². The van der Waals surface area contributed by atoms with Crippen LogP contribution >= 0.6 is 12.4 Å². The van der Waals surface area contributed by atoms with E-state index in [0.29, 0.717) is 18.5 Å². The molecular formula is C24H32ClFN8O3S. The summed E-state index contributed by atoms with van der Waals surface area (Å²) in [6.07, 6.45) is 7.77. The maximum atomic E-state index is 14.8. The highest BCUT2D eigenvalue weighted by Gasteiger charge is 2.19. The van der Waals surface area contributed by atoms with Crippen LogP contribution in [0.25, 0.3) is 11.3 Å². The van der Waals surface area contributed by atoms with E-state index in [9.17, 15) is 23.2 Å². The molecule has 3 rings (SSSR count). The van der Waals surface area contributed by atoms with E-state index < -0.39 is 21.4 Å². The van der Waals surface area contributed by atoms with Crippen LogP contribution in [0.5, 0.6) is 0 Å². The van der Waals surface area contributed by atoms with Crippen molar-refractivity contribution in [3.05, 3.63) is 48.2 Å². The molecule has 0 amide bonds. The molecule has 0 aliphatic heterocycles. The van der Waals surface area contributed by atoms with Gasteiger partial charge in [-0.1, -0.05) is 12.8 Å². The quantitative estimate of drug-likeness (QED) is 0.227. The molecule has 2 aromatic heterocycles. The first-order chi connectivity index (χ1) is 17.5. The Hall–Kier alpha value is -3.15. The van der Waals surface area contributed by atoms with Crippen LogP contribution in [0.3, 0.4) is 0 Å². The van der Waals surface area contributed by atoms with Crippen molar-refractivity contribution >= 4 is 34.1 Å². The Kier molecular flexibility index (Phi) is 11.1. The molecule has 0 aliphatic carbocycles. The number of nitrogens with one attached hydrogen (secondary N) is 2. The summed E-state index contributed by atoms with van der Waals surface area (Å²) < 4.78 is 43.8. The molecule has 38 heavy (non-hydrogen) atoms. The summed E-state index contributed by atoms with van der Waals surface area (Å²) in [4.78, 5) is 8.20. The van der Waals surface area contributed by atoms with Crippen molar-refractivity contribution in [2.75, 3.05) is 18.4 Å². The van der Waals surface area contributed by atoms with Crippen LogP contribution < -0.4 is 15.8 Å². The van der Waals surface area contributed by atoms with E-state index in [2.05, 4.69) is 25.1 Å². The second kappa shape index (κ2) is 13.6. The van der Waals surface area contributed by atoms with Gasteiger partial charge in [-0.3, -0.25) is 4.68 Å². The van der Waals surface area contributed by atoms with Gasteiger partial charge in [0.1, 0.15) is 11.9 Å². The highest BCUT2D eigenvalue weighted by atomic mass is 35.5. The first kappa shape index (κ1) is 31.1. The smallest absolute Gasteiger partial charge is 0.240 e. The minimum atomic E-state index is -3.86. The summed E-state index contributed by atoms with van der Waals surface area (Å²) in [7, 11) is -3.86. The third-order valence-electron chi connectivity index (χ3n) is 5.29. The molecule has 0 spiro atoms. The lowest BCUT2D eigenvalue weighted by Crippen LogP contribution is -2.26. The molecule has 11 nitrogen and oxygen atoms in total. The monoisotopic (exact) mass is 566 g/mol. The molecule has 0 atom stereocenters. The Bertz CT molecular complexity index is 1370. The predicted molar refractivity (Wildman–Crippen MR) is 144 cm³/mol. The molecule has 1 aromatic carbocycles. The molecule has 2 heterocycles. The van der Waals surface area contributed by atoms with E-state index in [1.54, 1.807) is 20.0 Å². The number of rotatable bonds is 13. The fourth-order valence-corrected chi connectivity index (χ4v) is 4.60. The minimum absolute atomic E-state index is 0. The van der Waals surface area contributed by atoms with Gasteiger partial charge < -0.3 is 16.2 Å². The average molecular weight is 567 g/mol. The van der Waals surface area contributed by atoms with Crippen molar-refractivity contribution in [1.82, 2.24) is 24.5 Å². The minimum Gasteiger partial charge on any atom is -0.389 e. The Morgan fingerprint density at radius 1 is 1.21 bits per heavy atom. The van der Waals surface area contributed by atoms with Gasteiger partial charge in [0.05, 0.1) is 46.4 Å². The van der Waals surface area contributed by atoms with E-state index >= 15 is 0 Å². The molecule has 3 aromatic rings. The van der Waals surface area contributed by atoms with Gasteiger partial charge in [0.15, 0.2) is 0 Å². The van der Waals surface area contributed by atoms with Crippen molar-refractivity contribution in [2.24, 2.45) is 5.73 Å². The molecular weight excluding hydrogens is 535 g/mol. The standard InChI is InChI=1S/C24H31FN8O3S.ClH/c1-24(2,34)16-33-15-18(14-29-33)22-17(12-27)13-28-23(32-22)31-21-8-7-19(11-20(21)25)37(35,36)30-10-6-4-3-5-9-26;/h7-8,11,13-15,30,34H,3-6,9-10,16,26H2,1-2H3,(H,28,31,32);1H. The summed E-state index contributed by atoms with van der Waals surface area (Å²) in [5.74, 6) is -0.798. The highest BCUT2D eigenvalue weighted by Crippen LogP contribution is 2.25. The van der Waals surface area contributed by atoms with Gasteiger partial charge in [0, 0.05) is 18.3 Å². The van der Waals surface area contributed by atoms with Crippen LogP contribution in [0, 0.1) is 17.1 Å². The zero-order chi connectivity index (χ0) is 27.1. The fourth-order valence-electron chi connectivity index (χ4n) is 3.51. The van der Waals surface area contributed by atoms with Crippen LogP contribution in [0.1, 0.15) is 45.1 Å². The van der Waals surface area contributed by atoms with E-state index in [0.717, 1.165) is 25.3 Å². The Morgan fingerprint density at radius 2 is 1.95 bits per heavy atom. The summed E-state index contributed by atoms with van der Waals surface area (Å²) in [5.41, 5.74) is 5.40. The Labute approximate surface area is 227 Å². The van der Waals surface area contributed by atoms with Crippen LogP contribution in [-0.2, 0) is 16.6 Å². The number of hydrogen-bond donors (Lipinski definition) is 4. The molecule has 0 unspecified atom stereocenters. The van der Waals surface area contributed by atoms with Crippen molar-refractivity contribution < 1.29 is 17.9 Å². The number of halogens is 2. The molecule has 0 bridgehead atoms. The predicted octanol–water partition coefficient (Wildman–Crippen LogP) is 3.08. The van der Waals surface area contributed by atoms with Crippen LogP contribution in [0.4, 0.5) is 16.0 Å². The molecule has 0 saturated heterocycles. The Balaban J connectivity index is 0.00000507. The molecule has 0 saturated carbocycles. The molecule has 14 heteroatoms. The maximum Gasteiger partial charge on any atom is 0.240 e. The van der Waals surface area contributed by atoms with E-state index in [1.807, 2.05) is 6.07 Å². The van der Waals surface area contributed by atoms with Gasteiger partial charge in [0.2, 0.25) is 16.0 Å². The number of anilines is 2. The van der Waals surface area contributed by atoms with Crippen molar-refractivity contribution in [3.63, 3.8) is 0 Å². The molecule has 5 N–H and O–H groups in total. The first-order valence-corrected chi connectivity index (χ1v) is 13.3. The van der Waals surface area contributed by atoms with E-state index in [4.69, 9.17) is 5.73 Å². The number of hydrogen-bond acceptors (Lipinski definition) is 9. The highest BCUT2D eigenvalue weighted by molar-refractivity contribution is 7.89. The normalized spacial score (nSPS) is 11.6. The number of unbranched alkanes of at least 4 members (excludes halogenated alkanes) is 3. The number of nitrogens with two attached hydrogens (primary N) is 1. The summed E-state index contributed by atoms with van der Waals surface area (Å²) in [5, 5.41) is 26.4. The summed E-state index contributed by atoms with van der Waals surface area (Å²) >= 11 is 0.